The molecule has 2 heterocycles. The number of anilines is 1. The molecule has 0 aromatic carbocycles. The van der Waals surface area contributed by atoms with Gasteiger partial charge in [0.05, 0.1) is 12.6 Å². The predicted molar refractivity (Wildman–Crippen MR) is 74.0 cm³/mol. The number of nitrogens with zero attached hydrogens (tertiary/aromatic N) is 3. The molecule has 1 N–H and O–H groups in total. The molecule has 1 atom stereocenters. The maximum atomic E-state index is 12.1. The summed E-state index contributed by atoms with van der Waals surface area (Å²) in [5.41, 5.74) is 0.749. The van der Waals surface area contributed by atoms with Crippen molar-refractivity contribution in [3.05, 3.63) is 23.9 Å². The Hall–Kier alpha value is -1.62. The molecule has 0 spiro atoms. The van der Waals surface area contributed by atoms with Gasteiger partial charge in [-0.2, -0.15) is 0 Å². The monoisotopic (exact) mass is 263 g/mol. The molecule has 2 rings (SSSR count). The second-order valence-electron chi connectivity index (χ2n) is 5.04. The summed E-state index contributed by atoms with van der Waals surface area (Å²) in [6.07, 6.45) is 3.28. The molecule has 1 aromatic rings. The average Bonchev–Trinajstić information content (AvgIpc) is 2.92. The van der Waals surface area contributed by atoms with Gasteiger partial charge in [-0.25, -0.2) is 4.98 Å². The molecule has 0 saturated carbocycles. The van der Waals surface area contributed by atoms with Crippen LogP contribution in [0.15, 0.2) is 18.3 Å². The number of pyridine rings is 1. The standard InChI is InChI=1S/C14H21N3O2/c1-11(18)12-6-5-7-15-14(12)16(2)10-13(19)17-8-3-4-9-17/h5-7,11,18H,3-4,8-10H2,1-2H3/t11-/m0/s1. The Labute approximate surface area is 113 Å². The third kappa shape index (κ3) is 3.23. The first-order chi connectivity index (χ1) is 9.09. The lowest BCUT2D eigenvalue weighted by atomic mass is 10.1. The number of likely N-dealkylation sites (N-methyl/N-ethyl adjacent to an activating group) is 1. The molecule has 0 radical (unpaired) electrons. The molecule has 1 aliphatic rings. The zero-order chi connectivity index (χ0) is 13.8. The number of carbonyl (C=O) groups is 1. The number of likely N-dealkylation sites (tertiary alicyclic amines) is 1. The van der Waals surface area contributed by atoms with Crippen molar-refractivity contribution in [1.82, 2.24) is 9.88 Å². The number of amides is 1. The number of aromatic nitrogens is 1. The molecule has 0 bridgehead atoms. The van der Waals surface area contributed by atoms with E-state index in [1.54, 1.807) is 19.2 Å². The topological polar surface area (TPSA) is 56.7 Å². The first-order valence-corrected chi connectivity index (χ1v) is 6.71. The maximum Gasteiger partial charge on any atom is 0.242 e. The van der Waals surface area contributed by atoms with Crippen LogP contribution in [-0.2, 0) is 4.79 Å². The third-order valence-electron chi connectivity index (χ3n) is 3.46. The molecule has 0 unspecified atom stereocenters. The van der Waals surface area contributed by atoms with E-state index in [-0.39, 0.29) is 5.91 Å². The van der Waals surface area contributed by atoms with Crippen LogP contribution in [0, 0.1) is 0 Å². The summed E-state index contributed by atoms with van der Waals surface area (Å²) in [4.78, 5) is 20.1. The van der Waals surface area contributed by atoms with Gasteiger partial charge < -0.3 is 14.9 Å². The normalized spacial score (nSPS) is 16.5. The molecule has 1 amide bonds. The van der Waals surface area contributed by atoms with Crippen molar-refractivity contribution in [3.8, 4) is 0 Å². The number of hydrogen-bond donors (Lipinski definition) is 1. The van der Waals surface area contributed by atoms with Crippen molar-refractivity contribution in [3.63, 3.8) is 0 Å². The van der Waals surface area contributed by atoms with Crippen LogP contribution < -0.4 is 4.90 Å². The molecule has 0 aliphatic carbocycles. The van der Waals surface area contributed by atoms with E-state index >= 15 is 0 Å². The fraction of sp³-hybridized carbons (Fsp3) is 0.571. The minimum atomic E-state index is -0.590. The van der Waals surface area contributed by atoms with Crippen LogP contribution in [0.3, 0.4) is 0 Å². The van der Waals surface area contributed by atoms with Gasteiger partial charge in [-0.15, -0.1) is 0 Å². The minimum Gasteiger partial charge on any atom is -0.389 e. The van der Waals surface area contributed by atoms with Crippen molar-refractivity contribution in [2.24, 2.45) is 0 Å². The van der Waals surface area contributed by atoms with Crippen molar-refractivity contribution in [2.75, 3.05) is 31.6 Å². The van der Waals surface area contributed by atoms with Crippen molar-refractivity contribution in [2.45, 2.75) is 25.9 Å². The lowest BCUT2D eigenvalue weighted by Crippen LogP contribution is -2.37. The van der Waals surface area contributed by atoms with E-state index in [2.05, 4.69) is 4.98 Å². The van der Waals surface area contributed by atoms with Gasteiger partial charge >= 0.3 is 0 Å². The van der Waals surface area contributed by atoms with E-state index in [0.29, 0.717) is 12.4 Å². The summed E-state index contributed by atoms with van der Waals surface area (Å²) in [6.45, 7) is 3.73. The van der Waals surface area contributed by atoms with Crippen molar-refractivity contribution < 1.29 is 9.90 Å². The zero-order valence-electron chi connectivity index (χ0n) is 11.5. The second kappa shape index (κ2) is 6.02. The molecule has 19 heavy (non-hydrogen) atoms. The van der Waals surface area contributed by atoms with Crippen molar-refractivity contribution >= 4 is 11.7 Å². The van der Waals surface area contributed by atoms with Crippen LogP contribution in [0.5, 0.6) is 0 Å². The number of rotatable bonds is 4. The van der Waals surface area contributed by atoms with E-state index in [4.69, 9.17) is 0 Å². The van der Waals surface area contributed by atoms with Crippen LogP contribution in [-0.4, -0.2) is 47.6 Å². The molecule has 104 valence electrons. The van der Waals surface area contributed by atoms with Gasteiger partial charge in [0, 0.05) is 31.9 Å². The van der Waals surface area contributed by atoms with E-state index < -0.39 is 6.10 Å². The zero-order valence-corrected chi connectivity index (χ0v) is 11.5. The molecule has 1 saturated heterocycles. The maximum absolute atomic E-state index is 12.1. The Morgan fingerprint density at radius 1 is 1.53 bits per heavy atom. The van der Waals surface area contributed by atoms with Gasteiger partial charge in [0.1, 0.15) is 5.82 Å². The highest BCUT2D eigenvalue weighted by Gasteiger charge is 2.21. The van der Waals surface area contributed by atoms with Crippen LogP contribution in [0.2, 0.25) is 0 Å². The highest BCUT2D eigenvalue weighted by Crippen LogP contribution is 2.22. The number of aliphatic hydroxyl groups excluding tert-OH is 1. The van der Waals surface area contributed by atoms with Gasteiger partial charge in [-0.1, -0.05) is 6.07 Å². The van der Waals surface area contributed by atoms with Gasteiger partial charge in [0.15, 0.2) is 0 Å². The molecule has 1 fully saturated rings. The highest BCUT2D eigenvalue weighted by molar-refractivity contribution is 5.81. The summed E-state index contributed by atoms with van der Waals surface area (Å²) in [5.74, 6) is 0.798. The quantitative estimate of drug-likeness (QED) is 0.886. The van der Waals surface area contributed by atoms with E-state index in [0.717, 1.165) is 31.5 Å². The minimum absolute atomic E-state index is 0.127. The lowest BCUT2D eigenvalue weighted by Gasteiger charge is -2.24. The lowest BCUT2D eigenvalue weighted by molar-refractivity contribution is -0.128. The average molecular weight is 263 g/mol. The summed E-state index contributed by atoms with van der Waals surface area (Å²) >= 11 is 0. The van der Waals surface area contributed by atoms with Gasteiger partial charge in [-0.05, 0) is 25.8 Å². The van der Waals surface area contributed by atoms with E-state index in [9.17, 15) is 9.90 Å². The largest absolute Gasteiger partial charge is 0.389 e. The second-order valence-corrected chi connectivity index (χ2v) is 5.04. The van der Waals surface area contributed by atoms with Gasteiger partial charge in [-0.3, -0.25) is 4.79 Å². The van der Waals surface area contributed by atoms with Crippen molar-refractivity contribution in [1.29, 1.82) is 0 Å². The van der Waals surface area contributed by atoms with Crippen LogP contribution in [0.25, 0.3) is 0 Å². The summed E-state index contributed by atoms with van der Waals surface area (Å²) in [5, 5.41) is 9.74. The Bertz CT molecular complexity index is 442. The highest BCUT2D eigenvalue weighted by atomic mass is 16.3. The Kier molecular flexibility index (Phi) is 4.37. The predicted octanol–water partition coefficient (Wildman–Crippen LogP) is 1.19. The van der Waals surface area contributed by atoms with Gasteiger partial charge in [0.25, 0.3) is 0 Å². The fourth-order valence-electron chi connectivity index (χ4n) is 2.40. The number of hydrogen-bond acceptors (Lipinski definition) is 4. The third-order valence-corrected chi connectivity index (χ3v) is 3.46. The SMILES string of the molecule is C[C@H](O)c1cccnc1N(C)CC(=O)N1CCCC1. The molecule has 1 aromatic heterocycles. The molecular formula is C14H21N3O2. The molecule has 5 heteroatoms. The summed E-state index contributed by atoms with van der Waals surface area (Å²) < 4.78 is 0. The fourth-order valence-corrected chi connectivity index (χ4v) is 2.40. The Balaban J connectivity index is 2.07. The summed E-state index contributed by atoms with van der Waals surface area (Å²) in [7, 11) is 1.84. The number of carbonyl (C=O) groups excluding carboxylic acids is 1. The number of aliphatic hydroxyl groups is 1. The summed E-state index contributed by atoms with van der Waals surface area (Å²) in [6, 6.07) is 3.63. The smallest absolute Gasteiger partial charge is 0.242 e. The first-order valence-electron chi connectivity index (χ1n) is 6.71. The molecule has 5 nitrogen and oxygen atoms in total. The van der Waals surface area contributed by atoms with Gasteiger partial charge in [0.2, 0.25) is 5.91 Å². The first kappa shape index (κ1) is 13.8. The van der Waals surface area contributed by atoms with Crippen LogP contribution >= 0.6 is 0 Å². The van der Waals surface area contributed by atoms with E-state index in [1.807, 2.05) is 22.9 Å². The van der Waals surface area contributed by atoms with Crippen LogP contribution in [0.4, 0.5) is 5.82 Å². The van der Waals surface area contributed by atoms with E-state index in [1.165, 1.54) is 0 Å². The molecular weight excluding hydrogens is 242 g/mol. The van der Waals surface area contributed by atoms with Crippen LogP contribution in [0.1, 0.15) is 31.4 Å². The Morgan fingerprint density at radius 2 is 2.21 bits per heavy atom. The Morgan fingerprint density at radius 3 is 2.84 bits per heavy atom. The molecule has 1 aliphatic heterocycles.